The summed E-state index contributed by atoms with van der Waals surface area (Å²) in [4.78, 5) is 10.3. The second-order valence-corrected chi connectivity index (χ2v) is 7.43. The molecular formula is C20H30N4OS. The third-order valence-corrected chi connectivity index (χ3v) is 5.03. The minimum absolute atomic E-state index is 0.121. The van der Waals surface area contributed by atoms with Crippen molar-refractivity contribution in [1.82, 2.24) is 15.6 Å². The summed E-state index contributed by atoms with van der Waals surface area (Å²) >= 11 is 1.71. The normalized spacial score (nSPS) is 12.8. The maximum absolute atomic E-state index is 5.91. The van der Waals surface area contributed by atoms with Gasteiger partial charge >= 0.3 is 0 Å². The number of thiazole rings is 1. The first-order chi connectivity index (χ1) is 12.6. The minimum Gasteiger partial charge on any atom is -0.374 e. The van der Waals surface area contributed by atoms with Crippen molar-refractivity contribution < 1.29 is 4.74 Å². The molecule has 1 heterocycles. The molecule has 1 atom stereocenters. The van der Waals surface area contributed by atoms with E-state index >= 15 is 0 Å². The van der Waals surface area contributed by atoms with Gasteiger partial charge in [-0.3, -0.25) is 0 Å². The second-order valence-electron chi connectivity index (χ2n) is 6.14. The lowest BCUT2D eigenvalue weighted by molar-refractivity contribution is 0.0646. The SMILES string of the molecule is CCNC(=NCc1sc(C)nc1C)NCCCOC(C)c1ccccc1. The molecule has 1 aromatic carbocycles. The molecule has 2 aromatic rings. The van der Waals surface area contributed by atoms with Crippen molar-refractivity contribution in [1.29, 1.82) is 0 Å². The first kappa shape index (κ1) is 20.4. The van der Waals surface area contributed by atoms with E-state index in [0.29, 0.717) is 6.54 Å². The fourth-order valence-electron chi connectivity index (χ4n) is 2.57. The van der Waals surface area contributed by atoms with E-state index in [-0.39, 0.29) is 6.10 Å². The Balaban J connectivity index is 1.72. The van der Waals surface area contributed by atoms with Crippen LogP contribution in [0, 0.1) is 13.8 Å². The zero-order chi connectivity index (χ0) is 18.8. The van der Waals surface area contributed by atoms with E-state index in [0.717, 1.165) is 42.8 Å². The Morgan fingerprint density at radius 1 is 1.23 bits per heavy atom. The molecule has 1 aromatic heterocycles. The molecule has 26 heavy (non-hydrogen) atoms. The second kappa shape index (κ2) is 10.9. The minimum atomic E-state index is 0.121. The van der Waals surface area contributed by atoms with Crippen LogP contribution < -0.4 is 10.6 Å². The summed E-state index contributed by atoms with van der Waals surface area (Å²) in [7, 11) is 0. The predicted octanol–water partition coefficient (Wildman–Crippen LogP) is 3.98. The number of benzene rings is 1. The van der Waals surface area contributed by atoms with E-state index in [2.05, 4.69) is 46.6 Å². The number of hydrogen-bond donors (Lipinski definition) is 2. The van der Waals surface area contributed by atoms with Crippen molar-refractivity contribution in [3.63, 3.8) is 0 Å². The number of aryl methyl sites for hydroxylation is 2. The monoisotopic (exact) mass is 374 g/mol. The number of ether oxygens (including phenoxy) is 1. The summed E-state index contributed by atoms with van der Waals surface area (Å²) in [5.74, 6) is 0.842. The number of nitrogens with one attached hydrogen (secondary N) is 2. The van der Waals surface area contributed by atoms with E-state index in [4.69, 9.17) is 4.74 Å². The zero-order valence-electron chi connectivity index (χ0n) is 16.2. The van der Waals surface area contributed by atoms with Crippen LogP contribution in [-0.2, 0) is 11.3 Å². The third kappa shape index (κ3) is 6.77. The molecule has 0 radical (unpaired) electrons. The van der Waals surface area contributed by atoms with Crippen molar-refractivity contribution in [2.45, 2.75) is 46.8 Å². The van der Waals surface area contributed by atoms with Gasteiger partial charge in [-0.25, -0.2) is 9.98 Å². The maximum Gasteiger partial charge on any atom is 0.191 e. The van der Waals surface area contributed by atoms with E-state index in [9.17, 15) is 0 Å². The van der Waals surface area contributed by atoms with Gasteiger partial charge in [0, 0.05) is 24.6 Å². The Labute approximate surface area is 160 Å². The molecule has 2 rings (SSSR count). The quantitative estimate of drug-likeness (QED) is 0.396. The number of aliphatic imine (C=N–C) groups is 1. The van der Waals surface area contributed by atoms with Crippen LogP contribution in [0.25, 0.3) is 0 Å². The molecule has 0 amide bonds. The van der Waals surface area contributed by atoms with Gasteiger partial charge in [0.15, 0.2) is 5.96 Å². The molecule has 2 N–H and O–H groups in total. The average Bonchev–Trinajstić information content (AvgIpc) is 2.97. The van der Waals surface area contributed by atoms with E-state index in [1.807, 2.05) is 32.0 Å². The summed E-state index contributed by atoms with van der Waals surface area (Å²) in [6.45, 7) is 11.3. The molecule has 0 saturated carbocycles. The lowest BCUT2D eigenvalue weighted by Gasteiger charge is -2.14. The highest BCUT2D eigenvalue weighted by Crippen LogP contribution is 2.18. The third-order valence-electron chi connectivity index (χ3n) is 3.97. The van der Waals surface area contributed by atoms with Crippen molar-refractivity contribution in [2.24, 2.45) is 4.99 Å². The van der Waals surface area contributed by atoms with Gasteiger partial charge in [-0.1, -0.05) is 30.3 Å². The Morgan fingerprint density at radius 2 is 2.00 bits per heavy atom. The summed E-state index contributed by atoms with van der Waals surface area (Å²) in [6, 6.07) is 10.3. The molecule has 0 saturated heterocycles. The summed E-state index contributed by atoms with van der Waals surface area (Å²) in [6.07, 6.45) is 1.05. The van der Waals surface area contributed by atoms with Crippen LogP contribution in [-0.4, -0.2) is 30.6 Å². The fourth-order valence-corrected chi connectivity index (χ4v) is 3.43. The van der Waals surface area contributed by atoms with Crippen LogP contribution in [0.2, 0.25) is 0 Å². The van der Waals surface area contributed by atoms with Gasteiger partial charge in [0.2, 0.25) is 0 Å². The topological polar surface area (TPSA) is 58.5 Å². The molecule has 5 nitrogen and oxygen atoms in total. The molecule has 0 bridgehead atoms. The van der Waals surface area contributed by atoms with Gasteiger partial charge in [-0.15, -0.1) is 11.3 Å². The van der Waals surface area contributed by atoms with Crippen LogP contribution in [0.3, 0.4) is 0 Å². The predicted molar refractivity (Wildman–Crippen MR) is 110 cm³/mol. The number of guanidine groups is 1. The van der Waals surface area contributed by atoms with E-state index < -0.39 is 0 Å². The Morgan fingerprint density at radius 3 is 2.65 bits per heavy atom. The van der Waals surface area contributed by atoms with Gasteiger partial charge in [-0.05, 0) is 39.7 Å². The largest absolute Gasteiger partial charge is 0.374 e. The van der Waals surface area contributed by atoms with Crippen molar-refractivity contribution in [3.05, 3.63) is 51.5 Å². The van der Waals surface area contributed by atoms with Crippen LogP contribution >= 0.6 is 11.3 Å². The number of nitrogens with zero attached hydrogens (tertiary/aromatic N) is 2. The Kier molecular flexibility index (Phi) is 8.58. The molecule has 1 unspecified atom stereocenters. The number of hydrogen-bond acceptors (Lipinski definition) is 4. The lowest BCUT2D eigenvalue weighted by atomic mass is 10.1. The molecule has 0 aliphatic carbocycles. The zero-order valence-corrected chi connectivity index (χ0v) is 17.0. The molecule has 142 valence electrons. The summed E-state index contributed by atoms with van der Waals surface area (Å²) < 4.78 is 5.91. The standard InChI is InChI=1S/C20H30N4OS/c1-5-21-20(23-14-19-15(2)24-17(4)26-19)22-12-9-13-25-16(3)18-10-7-6-8-11-18/h6-8,10-11,16H,5,9,12-14H2,1-4H3,(H2,21,22,23). The maximum atomic E-state index is 5.91. The summed E-state index contributed by atoms with van der Waals surface area (Å²) in [5, 5.41) is 7.75. The van der Waals surface area contributed by atoms with Crippen molar-refractivity contribution in [3.8, 4) is 0 Å². The first-order valence-corrected chi connectivity index (χ1v) is 10.0. The lowest BCUT2D eigenvalue weighted by Crippen LogP contribution is -2.38. The molecule has 0 aliphatic rings. The molecule has 0 spiro atoms. The van der Waals surface area contributed by atoms with E-state index in [1.54, 1.807) is 11.3 Å². The summed E-state index contributed by atoms with van der Waals surface area (Å²) in [5.41, 5.74) is 2.29. The molecule has 0 fully saturated rings. The van der Waals surface area contributed by atoms with Gasteiger partial charge in [0.05, 0.1) is 23.4 Å². The van der Waals surface area contributed by atoms with E-state index in [1.165, 1.54) is 10.4 Å². The highest BCUT2D eigenvalue weighted by atomic mass is 32.1. The van der Waals surface area contributed by atoms with Gasteiger partial charge < -0.3 is 15.4 Å². The van der Waals surface area contributed by atoms with Crippen LogP contribution in [0.5, 0.6) is 0 Å². The van der Waals surface area contributed by atoms with Crippen LogP contribution in [0.15, 0.2) is 35.3 Å². The Bertz CT molecular complexity index is 684. The number of rotatable bonds is 9. The van der Waals surface area contributed by atoms with Gasteiger partial charge in [-0.2, -0.15) is 0 Å². The average molecular weight is 375 g/mol. The van der Waals surface area contributed by atoms with Crippen LogP contribution in [0.4, 0.5) is 0 Å². The molecular weight excluding hydrogens is 344 g/mol. The van der Waals surface area contributed by atoms with Crippen LogP contribution in [0.1, 0.15) is 47.5 Å². The number of aromatic nitrogens is 1. The fraction of sp³-hybridized carbons (Fsp3) is 0.500. The highest BCUT2D eigenvalue weighted by Gasteiger charge is 2.06. The van der Waals surface area contributed by atoms with Crippen molar-refractivity contribution in [2.75, 3.05) is 19.7 Å². The first-order valence-electron chi connectivity index (χ1n) is 9.21. The van der Waals surface area contributed by atoms with Crippen molar-refractivity contribution >= 4 is 17.3 Å². The molecule has 6 heteroatoms. The van der Waals surface area contributed by atoms with Gasteiger partial charge in [0.1, 0.15) is 0 Å². The smallest absolute Gasteiger partial charge is 0.191 e. The van der Waals surface area contributed by atoms with Gasteiger partial charge in [0.25, 0.3) is 0 Å². The molecule has 0 aliphatic heterocycles. The highest BCUT2D eigenvalue weighted by molar-refractivity contribution is 7.11. The Hall–Kier alpha value is -1.92.